The lowest BCUT2D eigenvalue weighted by atomic mass is 9.92. The summed E-state index contributed by atoms with van der Waals surface area (Å²) in [5.41, 5.74) is 11.9. The highest BCUT2D eigenvalue weighted by Gasteiger charge is 2.25. The highest BCUT2D eigenvalue weighted by molar-refractivity contribution is 9.10. The lowest BCUT2D eigenvalue weighted by Crippen LogP contribution is -2.21. The predicted octanol–water partition coefficient (Wildman–Crippen LogP) is 4.79. The average molecular weight is 355 g/mol. The lowest BCUT2D eigenvalue weighted by molar-refractivity contribution is 0.534. The Morgan fingerprint density at radius 3 is 2.77 bits per heavy atom. The number of aromatic nitrogens is 1. The van der Waals surface area contributed by atoms with E-state index in [1.165, 1.54) is 34.1 Å². The van der Waals surface area contributed by atoms with Gasteiger partial charge in [-0.2, -0.15) is 0 Å². The van der Waals surface area contributed by atoms with E-state index in [9.17, 15) is 0 Å². The molecule has 0 aliphatic heterocycles. The third-order valence-corrected chi connectivity index (χ3v) is 5.14. The van der Waals surface area contributed by atoms with Crippen LogP contribution in [0.4, 0.5) is 0 Å². The maximum Gasteiger partial charge on any atom is 0.0489 e. The summed E-state index contributed by atoms with van der Waals surface area (Å²) in [7, 11) is 0. The Kier molecular flexibility index (Phi) is 3.55. The zero-order valence-electron chi connectivity index (χ0n) is 12.4. The van der Waals surface area contributed by atoms with Crippen LogP contribution in [0.15, 0.2) is 53.0 Å². The van der Waals surface area contributed by atoms with E-state index in [4.69, 9.17) is 5.73 Å². The second-order valence-electron chi connectivity index (χ2n) is 6.10. The molecule has 112 valence electrons. The number of nitrogens with two attached hydrogens (primary N) is 1. The highest BCUT2D eigenvalue weighted by atomic mass is 79.9. The van der Waals surface area contributed by atoms with Gasteiger partial charge in [0.2, 0.25) is 0 Å². The monoisotopic (exact) mass is 354 g/mol. The predicted molar refractivity (Wildman–Crippen MR) is 95.0 cm³/mol. The summed E-state index contributed by atoms with van der Waals surface area (Å²) in [6, 6.07) is 17.4. The van der Waals surface area contributed by atoms with Gasteiger partial charge in [0.25, 0.3) is 0 Å². The van der Waals surface area contributed by atoms with Crippen molar-refractivity contribution in [1.29, 1.82) is 0 Å². The fourth-order valence-corrected chi connectivity index (χ4v) is 4.04. The molecule has 0 radical (unpaired) electrons. The van der Waals surface area contributed by atoms with E-state index in [0.29, 0.717) is 0 Å². The van der Waals surface area contributed by atoms with Crippen LogP contribution in [0.1, 0.15) is 35.7 Å². The smallest absolute Gasteiger partial charge is 0.0489 e. The van der Waals surface area contributed by atoms with Gasteiger partial charge in [0.1, 0.15) is 0 Å². The molecule has 1 aromatic heterocycles. The first kappa shape index (κ1) is 14.0. The van der Waals surface area contributed by atoms with Gasteiger partial charge in [-0.3, -0.25) is 0 Å². The second-order valence-corrected chi connectivity index (χ2v) is 7.01. The Morgan fingerprint density at radius 2 is 1.95 bits per heavy atom. The Balaban J connectivity index is 1.94. The number of benzene rings is 2. The van der Waals surface area contributed by atoms with Gasteiger partial charge >= 0.3 is 0 Å². The topological polar surface area (TPSA) is 30.9 Å². The Bertz CT molecular complexity index is 820. The largest absolute Gasteiger partial charge is 0.338 e. The van der Waals surface area contributed by atoms with Crippen molar-refractivity contribution in [3.63, 3.8) is 0 Å². The summed E-state index contributed by atoms with van der Waals surface area (Å²) in [6.07, 6.45) is 3.40. The van der Waals surface area contributed by atoms with Gasteiger partial charge in [-0.25, -0.2) is 0 Å². The first-order valence-electron chi connectivity index (χ1n) is 7.84. The molecule has 3 aromatic rings. The van der Waals surface area contributed by atoms with Crippen molar-refractivity contribution in [2.45, 2.75) is 31.8 Å². The molecule has 1 aliphatic carbocycles. The fourth-order valence-electron chi connectivity index (χ4n) is 3.67. The van der Waals surface area contributed by atoms with Gasteiger partial charge in [-0.15, -0.1) is 0 Å². The van der Waals surface area contributed by atoms with Gasteiger partial charge in [-0.05, 0) is 48.6 Å². The third-order valence-electron chi connectivity index (χ3n) is 4.65. The van der Waals surface area contributed by atoms with Crippen molar-refractivity contribution in [3.05, 3.63) is 69.8 Å². The number of aryl methyl sites for hydroxylation is 1. The van der Waals surface area contributed by atoms with Crippen molar-refractivity contribution >= 4 is 26.8 Å². The molecule has 0 saturated heterocycles. The third kappa shape index (κ3) is 2.29. The number of nitrogens with zero attached hydrogens (tertiary/aromatic N) is 1. The summed E-state index contributed by atoms with van der Waals surface area (Å²) >= 11 is 3.61. The quantitative estimate of drug-likeness (QED) is 0.704. The fraction of sp³-hybridized carbons (Fsp3) is 0.263. The van der Waals surface area contributed by atoms with E-state index in [1.807, 2.05) is 0 Å². The van der Waals surface area contributed by atoms with E-state index in [0.717, 1.165) is 23.9 Å². The molecule has 1 heterocycles. The number of fused-ring (bicyclic) bond motifs is 3. The minimum absolute atomic E-state index is 0.152. The molecule has 3 heteroatoms. The summed E-state index contributed by atoms with van der Waals surface area (Å²) in [5.74, 6) is 0. The zero-order valence-corrected chi connectivity index (χ0v) is 14.0. The SMILES string of the molecule is NC1CCCc2c1n(Cc1ccccc1)c1ccc(Br)cc21. The standard InChI is InChI=1S/C19H19BrN2/c20-14-9-10-18-16(11-14)15-7-4-8-17(21)19(15)22(18)12-13-5-2-1-3-6-13/h1-3,5-6,9-11,17H,4,7-8,12,21H2. The first-order chi connectivity index (χ1) is 10.7. The molecule has 0 spiro atoms. The van der Waals surface area contributed by atoms with Gasteiger partial charge in [0.15, 0.2) is 0 Å². The number of hydrogen-bond donors (Lipinski definition) is 1. The summed E-state index contributed by atoms with van der Waals surface area (Å²) in [4.78, 5) is 0. The highest BCUT2D eigenvalue weighted by Crippen LogP contribution is 2.37. The van der Waals surface area contributed by atoms with Crippen molar-refractivity contribution < 1.29 is 0 Å². The van der Waals surface area contributed by atoms with Crippen LogP contribution in [-0.2, 0) is 13.0 Å². The molecule has 2 nitrogen and oxygen atoms in total. The molecule has 2 aromatic carbocycles. The van der Waals surface area contributed by atoms with E-state index < -0.39 is 0 Å². The maximum absolute atomic E-state index is 6.47. The zero-order chi connectivity index (χ0) is 15.1. The van der Waals surface area contributed by atoms with Crippen LogP contribution < -0.4 is 5.73 Å². The van der Waals surface area contributed by atoms with Crippen LogP contribution >= 0.6 is 15.9 Å². The molecule has 0 saturated carbocycles. The molecule has 2 N–H and O–H groups in total. The van der Waals surface area contributed by atoms with Crippen LogP contribution in [0.3, 0.4) is 0 Å². The van der Waals surface area contributed by atoms with Crippen LogP contribution in [0.5, 0.6) is 0 Å². The van der Waals surface area contributed by atoms with Crippen molar-refractivity contribution in [1.82, 2.24) is 4.57 Å². The van der Waals surface area contributed by atoms with Gasteiger partial charge in [-0.1, -0.05) is 46.3 Å². The maximum atomic E-state index is 6.47. The number of halogens is 1. The van der Waals surface area contributed by atoms with E-state index in [-0.39, 0.29) is 6.04 Å². The number of rotatable bonds is 2. The van der Waals surface area contributed by atoms with Crippen molar-refractivity contribution in [2.75, 3.05) is 0 Å². The molecule has 0 fully saturated rings. The Morgan fingerprint density at radius 1 is 1.14 bits per heavy atom. The average Bonchev–Trinajstić information content (AvgIpc) is 2.83. The van der Waals surface area contributed by atoms with E-state index in [1.54, 1.807) is 0 Å². The molecule has 4 rings (SSSR count). The Hall–Kier alpha value is -1.58. The summed E-state index contributed by atoms with van der Waals surface area (Å²) in [5, 5.41) is 1.36. The van der Waals surface area contributed by atoms with Gasteiger partial charge in [0, 0.05) is 33.7 Å². The molecule has 1 atom stereocenters. The first-order valence-corrected chi connectivity index (χ1v) is 8.63. The van der Waals surface area contributed by atoms with Crippen LogP contribution in [0.25, 0.3) is 10.9 Å². The normalized spacial score (nSPS) is 17.6. The summed E-state index contributed by atoms with van der Waals surface area (Å²) < 4.78 is 3.56. The minimum Gasteiger partial charge on any atom is -0.338 e. The van der Waals surface area contributed by atoms with Crippen molar-refractivity contribution in [3.8, 4) is 0 Å². The minimum atomic E-state index is 0.152. The molecule has 1 aliphatic rings. The number of hydrogen-bond acceptors (Lipinski definition) is 1. The van der Waals surface area contributed by atoms with Crippen molar-refractivity contribution in [2.24, 2.45) is 5.73 Å². The van der Waals surface area contributed by atoms with E-state index in [2.05, 4.69) is 69.0 Å². The molecular weight excluding hydrogens is 336 g/mol. The molecule has 0 amide bonds. The van der Waals surface area contributed by atoms with Crippen LogP contribution in [0, 0.1) is 0 Å². The van der Waals surface area contributed by atoms with E-state index >= 15 is 0 Å². The summed E-state index contributed by atoms with van der Waals surface area (Å²) in [6.45, 7) is 0.891. The molecule has 0 bridgehead atoms. The van der Waals surface area contributed by atoms with Crippen LogP contribution in [-0.4, -0.2) is 4.57 Å². The Labute approximate surface area is 139 Å². The second kappa shape index (κ2) is 5.56. The molecule has 22 heavy (non-hydrogen) atoms. The van der Waals surface area contributed by atoms with Gasteiger partial charge in [0.05, 0.1) is 0 Å². The van der Waals surface area contributed by atoms with Crippen LogP contribution in [0.2, 0.25) is 0 Å². The van der Waals surface area contributed by atoms with Gasteiger partial charge < -0.3 is 10.3 Å². The lowest BCUT2D eigenvalue weighted by Gasteiger charge is -2.22. The molecule has 1 unspecified atom stereocenters. The molecular formula is C19H19BrN2.